The number of anilines is 2. The number of ether oxygens (including phenoxy) is 1. The number of carbonyl (C=O) groups is 3. The molecule has 3 aromatic carbocycles. The van der Waals surface area contributed by atoms with Crippen molar-refractivity contribution in [3.8, 4) is 11.5 Å². The van der Waals surface area contributed by atoms with E-state index >= 15 is 0 Å². The van der Waals surface area contributed by atoms with Gasteiger partial charge in [0, 0.05) is 24.3 Å². The second-order valence-electron chi connectivity index (χ2n) is 8.25. The molecule has 3 aromatic rings. The number of nitrogens with one attached hydrogen (secondary N) is 1. The van der Waals surface area contributed by atoms with Crippen LogP contribution in [0.15, 0.2) is 89.6 Å². The monoisotopic (exact) mass is 487 g/mol. The van der Waals surface area contributed by atoms with Gasteiger partial charge in [-0.25, -0.2) is 4.90 Å². The Labute approximate surface area is 207 Å². The number of para-hydroxylation sites is 1. The average Bonchev–Trinajstić information content (AvgIpc) is 3.49. The van der Waals surface area contributed by atoms with Crippen molar-refractivity contribution >= 4 is 40.7 Å². The van der Waals surface area contributed by atoms with Gasteiger partial charge in [0.2, 0.25) is 0 Å². The molecule has 3 amide bonds. The van der Waals surface area contributed by atoms with Gasteiger partial charge in [-0.2, -0.15) is 0 Å². The summed E-state index contributed by atoms with van der Waals surface area (Å²) in [6.07, 6.45) is 2.00. The zero-order valence-electron chi connectivity index (χ0n) is 18.7. The van der Waals surface area contributed by atoms with Crippen LogP contribution in [-0.4, -0.2) is 35.7 Å². The number of imide groups is 1. The number of hydrogen-bond acceptors (Lipinski definition) is 5. The van der Waals surface area contributed by atoms with Crippen LogP contribution in [0.5, 0.6) is 11.5 Å². The molecule has 0 spiro atoms. The highest BCUT2D eigenvalue weighted by atomic mass is 35.5. The van der Waals surface area contributed by atoms with Crippen LogP contribution in [0.3, 0.4) is 0 Å². The minimum atomic E-state index is -0.625. The van der Waals surface area contributed by atoms with Crippen molar-refractivity contribution in [1.29, 1.82) is 0 Å². The molecule has 0 saturated carbocycles. The van der Waals surface area contributed by atoms with Crippen molar-refractivity contribution in [3.05, 3.63) is 95.2 Å². The molecule has 0 atom stereocenters. The van der Waals surface area contributed by atoms with Gasteiger partial charge < -0.3 is 15.0 Å². The molecule has 2 aliphatic rings. The Morgan fingerprint density at radius 1 is 0.829 bits per heavy atom. The maximum Gasteiger partial charge on any atom is 0.283 e. The molecule has 2 heterocycles. The van der Waals surface area contributed by atoms with Gasteiger partial charge in [0.25, 0.3) is 17.7 Å². The maximum atomic E-state index is 13.1. The number of hydrogen-bond donors (Lipinski definition) is 1. The van der Waals surface area contributed by atoms with E-state index in [1.54, 1.807) is 48.5 Å². The van der Waals surface area contributed by atoms with Gasteiger partial charge in [-0.15, -0.1) is 0 Å². The summed E-state index contributed by atoms with van der Waals surface area (Å²) in [6.45, 7) is 1.48. The predicted octanol–water partition coefficient (Wildman–Crippen LogP) is 5.15. The Balaban J connectivity index is 1.31. The third-order valence-corrected chi connectivity index (χ3v) is 6.22. The van der Waals surface area contributed by atoms with Gasteiger partial charge >= 0.3 is 0 Å². The molecule has 0 unspecified atom stereocenters. The third-order valence-electron chi connectivity index (χ3n) is 5.87. The Morgan fingerprint density at radius 3 is 2.23 bits per heavy atom. The summed E-state index contributed by atoms with van der Waals surface area (Å²) in [5.41, 5.74) is 1.34. The second-order valence-corrected chi connectivity index (χ2v) is 8.63. The number of likely N-dealkylation sites (tertiary alicyclic amines) is 1. The van der Waals surface area contributed by atoms with Gasteiger partial charge in [0.05, 0.1) is 5.69 Å². The van der Waals surface area contributed by atoms with Crippen molar-refractivity contribution in [2.45, 2.75) is 12.8 Å². The molecule has 0 radical (unpaired) electrons. The molecule has 1 N–H and O–H groups in total. The van der Waals surface area contributed by atoms with E-state index in [2.05, 4.69) is 5.32 Å². The molecule has 0 aromatic heterocycles. The first kappa shape index (κ1) is 22.7. The third kappa shape index (κ3) is 4.63. The highest BCUT2D eigenvalue weighted by molar-refractivity contribution is 6.53. The minimum absolute atomic E-state index is 0.0351. The smallest absolute Gasteiger partial charge is 0.283 e. The largest absolute Gasteiger partial charge is 0.457 e. The lowest BCUT2D eigenvalue weighted by atomic mass is 10.1. The summed E-state index contributed by atoms with van der Waals surface area (Å²) in [7, 11) is 0. The van der Waals surface area contributed by atoms with Gasteiger partial charge in [-0.1, -0.05) is 35.9 Å². The van der Waals surface area contributed by atoms with Gasteiger partial charge in [-0.05, 0) is 67.4 Å². The molecule has 0 aliphatic carbocycles. The fourth-order valence-electron chi connectivity index (χ4n) is 4.11. The topological polar surface area (TPSA) is 79.0 Å². The molecule has 1 saturated heterocycles. The van der Waals surface area contributed by atoms with Gasteiger partial charge in [-0.3, -0.25) is 14.4 Å². The van der Waals surface area contributed by atoms with E-state index < -0.39 is 11.8 Å². The normalized spacial score (nSPS) is 15.7. The first-order chi connectivity index (χ1) is 17.0. The van der Waals surface area contributed by atoms with E-state index in [1.807, 2.05) is 35.2 Å². The highest BCUT2D eigenvalue weighted by Gasteiger charge is 2.39. The summed E-state index contributed by atoms with van der Waals surface area (Å²) < 4.78 is 5.77. The predicted molar refractivity (Wildman–Crippen MR) is 134 cm³/mol. The fraction of sp³-hybridized carbons (Fsp3) is 0.148. The lowest BCUT2D eigenvalue weighted by Crippen LogP contribution is -2.32. The molecule has 2 aliphatic heterocycles. The Bertz CT molecular complexity index is 1320. The fourth-order valence-corrected chi connectivity index (χ4v) is 4.32. The summed E-state index contributed by atoms with van der Waals surface area (Å²) >= 11 is 6.27. The van der Waals surface area contributed by atoms with Crippen molar-refractivity contribution < 1.29 is 19.1 Å². The molecule has 8 heteroatoms. The van der Waals surface area contributed by atoms with E-state index in [4.69, 9.17) is 16.3 Å². The first-order valence-electron chi connectivity index (χ1n) is 11.3. The number of carbonyl (C=O) groups excluding carboxylic acids is 3. The first-order valence-corrected chi connectivity index (χ1v) is 11.7. The Hall–Kier alpha value is -4.10. The van der Waals surface area contributed by atoms with Gasteiger partial charge in [0.15, 0.2) is 0 Å². The van der Waals surface area contributed by atoms with Crippen molar-refractivity contribution in [3.63, 3.8) is 0 Å². The summed E-state index contributed by atoms with van der Waals surface area (Å²) in [5, 5.41) is 2.73. The number of amides is 3. The van der Waals surface area contributed by atoms with E-state index in [1.165, 1.54) is 0 Å². The number of rotatable bonds is 6. The van der Waals surface area contributed by atoms with Crippen molar-refractivity contribution in [2.24, 2.45) is 0 Å². The summed E-state index contributed by atoms with van der Waals surface area (Å²) in [5.74, 6) is -0.0150. The lowest BCUT2D eigenvalue weighted by Gasteiger charge is -2.17. The molecule has 7 nitrogen and oxygen atoms in total. The maximum absolute atomic E-state index is 13.1. The average molecular weight is 488 g/mol. The number of nitrogens with zero attached hydrogens (tertiary/aromatic N) is 2. The molecular weight excluding hydrogens is 466 g/mol. The molecular formula is C27H22ClN3O4. The summed E-state index contributed by atoms with van der Waals surface area (Å²) in [4.78, 5) is 41.5. The van der Waals surface area contributed by atoms with E-state index in [0.29, 0.717) is 28.4 Å². The van der Waals surface area contributed by atoms with Crippen LogP contribution < -0.4 is 15.0 Å². The molecule has 176 valence electrons. The molecule has 1 fully saturated rings. The van der Waals surface area contributed by atoms with Crippen LogP contribution in [0, 0.1) is 0 Å². The van der Waals surface area contributed by atoms with Crippen LogP contribution >= 0.6 is 11.6 Å². The van der Waals surface area contributed by atoms with Crippen LogP contribution in [-0.2, 0) is 9.59 Å². The standard InChI is InChI=1S/C27H22ClN3O4/c28-23-24(29-19-8-6-7-18(17-19)25(32)30-15-4-5-16-30)27(34)31(26(23)33)20-11-13-22(14-12-20)35-21-9-2-1-3-10-21/h1-3,6-14,17,29H,4-5,15-16H2. The van der Waals surface area contributed by atoms with Crippen LogP contribution in [0.1, 0.15) is 23.2 Å². The van der Waals surface area contributed by atoms with Crippen LogP contribution in [0.4, 0.5) is 11.4 Å². The SMILES string of the molecule is O=C(c1cccc(NC2=C(Cl)C(=O)N(c3ccc(Oc4ccccc4)cc3)C2=O)c1)N1CCCC1. The zero-order valence-corrected chi connectivity index (χ0v) is 19.5. The van der Waals surface area contributed by atoms with E-state index in [-0.39, 0.29) is 16.6 Å². The van der Waals surface area contributed by atoms with E-state index in [0.717, 1.165) is 30.8 Å². The number of halogens is 1. The minimum Gasteiger partial charge on any atom is -0.457 e. The Kier molecular flexibility index (Phi) is 6.25. The molecule has 35 heavy (non-hydrogen) atoms. The Morgan fingerprint density at radius 2 is 1.51 bits per heavy atom. The van der Waals surface area contributed by atoms with Crippen molar-refractivity contribution in [2.75, 3.05) is 23.3 Å². The van der Waals surface area contributed by atoms with Crippen LogP contribution in [0.2, 0.25) is 0 Å². The zero-order chi connectivity index (χ0) is 24.4. The van der Waals surface area contributed by atoms with Gasteiger partial charge in [0.1, 0.15) is 22.2 Å². The summed E-state index contributed by atoms with van der Waals surface area (Å²) in [6, 6.07) is 22.7. The van der Waals surface area contributed by atoms with Crippen LogP contribution in [0.25, 0.3) is 0 Å². The molecule has 0 bridgehead atoms. The molecule has 5 rings (SSSR count). The number of benzene rings is 3. The quantitative estimate of drug-likeness (QED) is 0.486. The van der Waals surface area contributed by atoms with Crippen molar-refractivity contribution in [1.82, 2.24) is 4.90 Å². The van der Waals surface area contributed by atoms with E-state index in [9.17, 15) is 14.4 Å². The lowest BCUT2D eigenvalue weighted by molar-refractivity contribution is -0.120. The highest BCUT2D eigenvalue weighted by Crippen LogP contribution is 2.32. The second kappa shape index (κ2) is 9.64.